The van der Waals surface area contributed by atoms with Crippen LogP contribution < -0.4 is 0 Å². The zero-order chi connectivity index (χ0) is 31.6. The lowest BCUT2D eigenvalue weighted by molar-refractivity contribution is -0.123. The third-order valence-electron chi connectivity index (χ3n) is 10.4. The number of hydrogen-bond donors (Lipinski definition) is 0. The monoisotopic (exact) mass is 680 g/mol. The zero-order valence-electron chi connectivity index (χ0n) is 24.1. The van der Waals surface area contributed by atoms with Gasteiger partial charge in [-0.05, 0) is 61.1 Å². The first-order valence-corrected chi connectivity index (χ1v) is 17.8. The Bertz CT molecular complexity index is 2090. The molecule has 0 amide bonds. The molecule has 5 aliphatic rings. The highest BCUT2D eigenvalue weighted by molar-refractivity contribution is 7.33. The minimum atomic E-state index is -1.74. The molecule has 4 aromatic rings. The first kappa shape index (κ1) is 28.8. The molecular weight excluding hydrogens is 657 g/mol. The second-order valence-electron chi connectivity index (χ2n) is 12.9. The lowest BCUT2D eigenvalue weighted by atomic mass is 9.68. The number of fused-ring (bicyclic) bond motifs is 9. The second kappa shape index (κ2) is 10.1. The van der Waals surface area contributed by atoms with Crippen LogP contribution in [0.4, 0.5) is 27.6 Å². The van der Waals surface area contributed by atoms with Crippen molar-refractivity contribution in [1.82, 2.24) is 0 Å². The Kier molecular flexibility index (Phi) is 6.32. The first-order valence-electron chi connectivity index (χ1n) is 15.4. The van der Waals surface area contributed by atoms with Crippen LogP contribution in [0.5, 0.6) is 0 Å². The third-order valence-corrected chi connectivity index (χ3v) is 13.9. The quantitative estimate of drug-likeness (QED) is 0.199. The summed E-state index contributed by atoms with van der Waals surface area (Å²) < 4.78 is 57.9. The molecule has 234 valence electrons. The van der Waals surface area contributed by atoms with Gasteiger partial charge in [-0.3, -0.25) is 14.4 Å². The van der Waals surface area contributed by atoms with Crippen molar-refractivity contribution in [2.24, 2.45) is 21.8 Å². The van der Waals surface area contributed by atoms with Crippen LogP contribution in [0.3, 0.4) is 0 Å². The van der Waals surface area contributed by atoms with Gasteiger partial charge >= 0.3 is 0 Å². The van der Waals surface area contributed by atoms with Gasteiger partial charge in [-0.25, -0.2) is 27.5 Å². The number of carbonyl (C=O) groups is 3. The van der Waals surface area contributed by atoms with E-state index >= 15 is 0 Å². The van der Waals surface area contributed by atoms with Crippen molar-refractivity contribution in [3.63, 3.8) is 0 Å². The number of Topliss-reactive ketones (excluding diaryl/α,β-unsaturated/α-hetero) is 3. The Hall–Kier alpha value is -3.35. The number of rotatable bonds is 2. The number of hydrogen-bond acceptors (Lipinski definition) is 8. The number of benzene rings is 1. The number of carbonyl (C=O) groups excluding carboxylic acids is 3. The molecule has 9 rings (SSSR count). The van der Waals surface area contributed by atoms with Crippen molar-refractivity contribution >= 4 is 82.2 Å². The Balaban J connectivity index is 1.09. The van der Waals surface area contributed by atoms with Crippen molar-refractivity contribution in [3.8, 4) is 9.75 Å². The maximum atomic E-state index is 14.1. The predicted molar refractivity (Wildman–Crippen MR) is 171 cm³/mol. The molecule has 3 heterocycles. The number of alkyl halides is 2. The topological polar surface area (TPSA) is 75.9 Å². The largest absolute Gasteiger partial charge is 0.292 e. The van der Waals surface area contributed by atoms with Crippen LogP contribution in [0, 0.1) is 23.5 Å². The molecule has 0 radical (unpaired) electrons. The van der Waals surface area contributed by atoms with Gasteiger partial charge in [0.1, 0.15) is 22.3 Å². The van der Waals surface area contributed by atoms with Gasteiger partial charge < -0.3 is 0 Å². The molecule has 4 atom stereocenters. The minimum Gasteiger partial charge on any atom is -0.292 e. The van der Waals surface area contributed by atoms with Crippen LogP contribution in [0.25, 0.3) is 19.2 Å². The van der Waals surface area contributed by atoms with Gasteiger partial charge in [0.05, 0.1) is 20.2 Å². The molecule has 1 aromatic carbocycles. The summed E-state index contributed by atoms with van der Waals surface area (Å²) in [6.45, 7) is 0. The van der Waals surface area contributed by atoms with Crippen molar-refractivity contribution in [2.75, 3.05) is 0 Å². The Morgan fingerprint density at radius 1 is 0.761 bits per heavy atom. The van der Waals surface area contributed by atoms with Gasteiger partial charge in [-0.15, -0.1) is 34.0 Å². The summed E-state index contributed by atoms with van der Waals surface area (Å²) in [5.74, 6) is -5.05. The fourth-order valence-electron chi connectivity index (χ4n) is 8.26. The van der Waals surface area contributed by atoms with Gasteiger partial charge in [0.15, 0.2) is 28.9 Å². The van der Waals surface area contributed by atoms with E-state index in [1.165, 1.54) is 28.2 Å². The lowest BCUT2D eigenvalue weighted by Crippen LogP contribution is -2.35. The summed E-state index contributed by atoms with van der Waals surface area (Å²) >= 11 is 4.60. The Morgan fingerprint density at radius 2 is 1.43 bits per heavy atom. The summed E-state index contributed by atoms with van der Waals surface area (Å²) in [5, 5.41) is 1.22. The first-order chi connectivity index (χ1) is 22.1. The summed E-state index contributed by atoms with van der Waals surface area (Å²) in [6.07, 6.45) is 1.22. The average molecular weight is 681 g/mol. The van der Waals surface area contributed by atoms with Crippen molar-refractivity contribution < 1.29 is 31.9 Å². The molecule has 0 saturated heterocycles. The second-order valence-corrected chi connectivity index (χ2v) is 16.1. The smallest absolute Gasteiger partial charge is 0.207 e. The van der Waals surface area contributed by atoms with E-state index in [0.29, 0.717) is 15.6 Å². The molecule has 1 spiro atoms. The van der Waals surface area contributed by atoms with Crippen LogP contribution in [0.1, 0.15) is 72.0 Å². The summed E-state index contributed by atoms with van der Waals surface area (Å²) in [6, 6.07) is 5.98. The molecule has 5 nitrogen and oxygen atoms in total. The molecule has 46 heavy (non-hydrogen) atoms. The number of thiophene rings is 3. The van der Waals surface area contributed by atoms with Crippen molar-refractivity contribution in [3.05, 3.63) is 58.2 Å². The van der Waals surface area contributed by atoms with Gasteiger partial charge in [0.25, 0.3) is 0 Å². The van der Waals surface area contributed by atoms with Crippen LogP contribution in [-0.2, 0) is 21.4 Å². The molecule has 3 fully saturated rings. The third kappa shape index (κ3) is 3.98. The van der Waals surface area contributed by atoms with Crippen molar-refractivity contribution in [2.45, 2.75) is 69.1 Å². The highest BCUT2D eigenvalue weighted by Crippen LogP contribution is 2.65. The normalized spacial score (nSPS) is 27.2. The van der Waals surface area contributed by atoms with E-state index in [4.69, 9.17) is 0 Å². The fourth-order valence-corrected chi connectivity index (χ4v) is 12.3. The average Bonchev–Trinajstić information content (AvgIpc) is 3.84. The number of halogens is 4. The molecule has 4 unspecified atom stereocenters. The van der Waals surface area contributed by atoms with E-state index in [9.17, 15) is 31.9 Å². The molecule has 0 aliphatic heterocycles. The Morgan fingerprint density at radius 3 is 2.15 bits per heavy atom. The lowest BCUT2D eigenvalue weighted by Gasteiger charge is -2.34. The SMILES string of the molecule is O=C1C(=Nc2cc3sc4c(c3s2)C2(CCCCC2)c2cc(N=C3C(=O)C5CC(F)C(F)CC5C3=O)sc2-4)Cc2cc(F)c(F)cc21. The predicted octanol–water partition coefficient (Wildman–Crippen LogP) is 8.97. The fraction of sp³-hybridized carbons (Fsp3) is 0.382. The molecule has 3 aromatic heterocycles. The zero-order valence-corrected chi connectivity index (χ0v) is 26.6. The molecule has 5 aliphatic carbocycles. The van der Waals surface area contributed by atoms with E-state index in [1.54, 1.807) is 11.3 Å². The minimum absolute atomic E-state index is 0.150. The molecule has 12 heteroatoms. The van der Waals surface area contributed by atoms with E-state index in [1.807, 2.05) is 12.1 Å². The van der Waals surface area contributed by atoms with Gasteiger partial charge in [-0.1, -0.05) is 19.3 Å². The highest BCUT2D eigenvalue weighted by atomic mass is 32.1. The summed E-state index contributed by atoms with van der Waals surface area (Å²) in [7, 11) is 0. The van der Waals surface area contributed by atoms with Gasteiger partial charge in [0.2, 0.25) is 5.78 Å². The molecule has 0 bridgehead atoms. The summed E-state index contributed by atoms with van der Waals surface area (Å²) in [5.41, 5.74) is 2.83. The number of nitrogens with zero attached hydrogens (tertiary/aromatic N) is 2. The maximum absolute atomic E-state index is 14.1. The highest BCUT2D eigenvalue weighted by Gasteiger charge is 2.53. The van der Waals surface area contributed by atoms with Crippen molar-refractivity contribution in [1.29, 1.82) is 0 Å². The van der Waals surface area contributed by atoms with Gasteiger partial charge in [-0.2, -0.15) is 0 Å². The van der Waals surface area contributed by atoms with Crippen LogP contribution >= 0.6 is 34.0 Å². The van der Waals surface area contributed by atoms with Gasteiger partial charge in [0, 0.05) is 39.5 Å². The van der Waals surface area contributed by atoms with E-state index < -0.39 is 47.4 Å². The van der Waals surface area contributed by atoms with Crippen LogP contribution in [0.2, 0.25) is 0 Å². The number of aliphatic imine (C=N–C) groups is 2. The standard InChI is InChI=1S/C34H24F4N2O3S3/c35-18-6-13-7-22(28(41)14(13)8-19(18)36)39-25-12-23-32(46-25)26-33(44-23)31-17(34(26)4-2-1-3-5-34)11-24(45-31)40-27-29(42)15-9-20(37)21(38)10-16(15)30(27)43/h6,8,11-12,15-16,20-21H,1-5,7,9-10H2. The van der Waals surface area contributed by atoms with E-state index in [0.717, 1.165) is 69.0 Å². The number of ketones is 3. The van der Waals surface area contributed by atoms with E-state index in [2.05, 4.69) is 9.98 Å². The maximum Gasteiger partial charge on any atom is 0.207 e. The van der Waals surface area contributed by atoms with Crippen LogP contribution in [-0.4, -0.2) is 41.1 Å². The van der Waals surface area contributed by atoms with E-state index in [-0.39, 0.29) is 47.4 Å². The Labute approximate surface area is 272 Å². The molecule has 0 N–H and O–H groups in total. The molecular formula is C34H24F4N2O3S3. The van der Waals surface area contributed by atoms with Crippen LogP contribution in [0.15, 0.2) is 34.3 Å². The summed E-state index contributed by atoms with van der Waals surface area (Å²) in [4.78, 5) is 50.7. The molecule has 3 saturated carbocycles.